The fourth-order valence-corrected chi connectivity index (χ4v) is 3.57. The van der Waals surface area contributed by atoms with Gasteiger partial charge in [-0.2, -0.15) is 4.98 Å². The second kappa shape index (κ2) is 10.2. The lowest BCUT2D eigenvalue weighted by molar-refractivity contribution is 0.0969. The topological polar surface area (TPSA) is 100 Å². The number of rotatable bonds is 8. The summed E-state index contributed by atoms with van der Waals surface area (Å²) < 4.78 is 9.86. The number of aryl methyl sites for hydroxylation is 1. The number of ether oxygens (including phenoxy) is 1. The minimum atomic E-state index is -0.592. The molecular weight excluding hydrogens is 446 g/mol. The number of halogens is 1. The monoisotopic (exact) mass is 473 g/mol. The van der Waals surface area contributed by atoms with E-state index in [4.69, 9.17) is 4.74 Å². The molecule has 176 valence electrons. The quantitative estimate of drug-likeness (QED) is 0.396. The van der Waals surface area contributed by atoms with E-state index in [9.17, 15) is 14.4 Å². The highest BCUT2D eigenvalue weighted by Gasteiger charge is 2.24. The predicted molar refractivity (Wildman–Crippen MR) is 129 cm³/mol. The second-order valence-corrected chi connectivity index (χ2v) is 8.23. The Labute approximate surface area is 197 Å². The van der Waals surface area contributed by atoms with Gasteiger partial charge in [-0.3, -0.25) is 23.3 Å². The molecule has 2 aromatic heterocycles. The maximum Gasteiger partial charge on any atom is 0.332 e. The summed E-state index contributed by atoms with van der Waals surface area (Å²) in [6.45, 7) is 5.33. The van der Waals surface area contributed by atoms with Gasteiger partial charge in [0, 0.05) is 25.2 Å². The molecule has 0 unspecified atom stereocenters. The van der Waals surface area contributed by atoms with Crippen molar-refractivity contribution in [3.63, 3.8) is 0 Å². The summed E-state index contributed by atoms with van der Waals surface area (Å²) in [5, 5.41) is 3.26. The van der Waals surface area contributed by atoms with Crippen LogP contribution in [-0.4, -0.2) is 43.7 Å². The number of carbonyl (C=O) groups excluding carboxylic acids is 1. The largest absolute Gasteiger partial charge is 0.463 e. The smallest absolute Gasteiger partial charge is 0.332 e. The van der Waals surface area contributed by atoms with E-state index in [1.165, 1.54) is 4.57 Å². The van der Waals surface area contributed by atoms with Gasteiger partial charge < -0.3 is 10.1 Å². The number of fused-ring (bicyclic) bond motifs is 1. The van der Waals surface area contributed by atoms with Crippen LogP contribution in [0.25, 0.3) is 11.2 Å². The number of hydrogen-bond donors (Lipinski definition) is 1. The number of benzene rings is 1. The first kappa shape index (κ1) is 24.5. The van der Waals surface area contributed by atoms with E-state index in [0.717, 1.165) is 23.1 Å². The molecule has 1 N–H and O–H groups in total. The van der Waals surface area contributed by atoms with Crippen LogP contribution < -0.4 is 21.3 Å². The SMILES string of the molecule is CC(C)=CCn1c(OC[C@H]2CCN2)nc2c1c(=O)n(CC(=O)c1ccccc1)c(=O)n2C.Cl. The maximum absolute atomic E-state index is 13.4. The molecule has 0 amide bonds. The Hall–Kier alpha value is -3.17. The average molecular weight is 474 g/mol. The highest BCUT2D eigenvalue weighted by Crippen LogP contribution is 2.19. The van der Waals surface area contributed by atoms with Crippen LogP contribution >= 0.6 is 12.4 Å². The van der Waals surface area contributed by atoms with Crippen LogP contribution in [0.2, 0.25) is 0 Å². The Morgan fingerprint density at radius 1 is 1.21 bits per heavy atom. The van der Waals surface area contributed by atoms with Crippen molar-refractivity contribution in [1.82, 2.24) is 24.0 Å². The second-order valence-electron chi connectivity index (χ2n) is 8.23. The van der Waals surface area contributed by atoms with Crippen molar-refractivity contribution in [3.05, 3.63) is 68.4 Å². The molecule has 0 spiro atoms. The van der Waals surface area contributed by atoms with E-state index in [1.54, 1.807) is 41.9 Å². The van der Waals surface area contributed by atoms with Gasteiger partial charge >= 0.3 is 5.69 Å². The summed E-state index contributed by atoms with van der Waals surface area (Å²) in [7, 11) is 1.54. The number of allylic oxidation sites excluding steroid dienone is 2. The minimum absolute atomic E-state index is 0. The van der Waals surface area contributed by atoms with Crippen molar-refractivity contribution in [1.29, 1.82) is 0 Å². The van der Waals surface area contributed by atoms with Crippen LogP contribution in [-0.2, 0) is 20.1 Å². The molecular formula is C23H28ClN5O4. The predicted octanol–water partition coefficient (Wildman–Crippen LogP) is 1.91. The van der Waals surface area contributed by atoms with Gasteiger partial charge in [-0.05, 0) is 26.8 Å². The summed E-state index contributed by atoms with van der Waals surface area (Å²) in [4.78, 5) is 43.5. The first-order chi connectivity index (χ1) is 15.4. The third kappa shape index (κ3) is 4.94. The van der Waals surface area contributed by atoms with Crippen molar-refractivity contribution in [3.8, 4) is 6.01 Å². The lowest BCUT2D eigenvalue weighted by Crippen LogP contribution is -2.46. The number of nitrogens with one attached hydrogen (secondary N) is 1. The van der Waals surface area contributed by atoms with Crippen LogP contribution in [0.5, 0.6) is 6.01 Å². The van der Waals surface area contributed by atoms with Gasteiger partial charge in [0.25, 0.3) is 11.6 Å². The van der Waals surface area contributed by atoms with E-state index in [-0.39, 0.29) is 48.0 Å². The molecule has 1 aliphatic heterocycles. The molecule has 4 rings (SSSR count). The molecule has 33 heavy (non-hydrogen) atoms. The lowest BCUT2D eigenvalue weighted by atomic mass is 10.1. The molecule has 0 aliphatic carbocycles. The van der Waals surface area contributed by atoms with E-state index >= 15 is 0 Å². The molecule has 1 fully saturated rings. The number of imidazole rings is 1. The third-order valence-corrected chi connectivity index (χ3v) is 5.62. The van der Waals surface area contributed by atoms with Crippen molar-refractivity contribution in [2.24, 2.45) is 7.05 Å². The van der Waals surface area contributed by atoms with Gasteiger partial charge in [-0.15, -0.1) is 12.4 Å². The number of hydrogen-bond acceptors (Lipinski definition) is 6. The van der Waals surface area contributed by atoms with Crippen LogP contribution in [0.3, 0.4) is 0 Å². The highest BCUT2D eigenvalue weighted by molar-refractivity contribution is 5.95. The summed E-state index contributed by atoms with van der Waals surface area (Å²) in [6.07, 6.45) is 2.97. The molecule has 1 atom stereocenters. The van der Waals surface area contributed by atoms with E-state index in [0.29, 0.717) is 18.7 Å². The van der Waals surface area contributed by atoms with Gasteiger partial charge in [0.05, 0.1) is 6.54 Å². The molecule has 1 saturated heterocycles. The number of aromatic nitrogens is 4. The molecule has 10 heteroatoms. The number of Topliss-reactive ketones (excluding diaryl/α,β-unsaturated/α-hetero) is 1. The number of carbonyl (C=O) groups is 1. The summed E-state index contributed by atoms with van der Waals surface area (Å²) in [5.74, 6) is -0.313. The Morgan fingerprint density at radius 2 is 1.91 bits per heavy atom. The Bertz CT molecular complexity index is 1300. The zero-order valence-corrected chi connectivity index (χ0v) is 19.7. The molecule has 9 nitrogen and oxygen atoms in total. The first-order valence-electron chi connectivity index (χ1n) is 10.6. The van der Waals surface area contributed by atoms with Gasteiger partial charge in [0.15, 0.2) is 16.9 Å². The van der Waals surface area contributed by atoms with E-state index in [1.807, 2.05) is 19.9 Å². The minimum Gasteiger partial charge on any atom is -0.463 e. The Kier molecular flexibility index (Phi) is 7.55. The first-order valence-corrected chi connectivity index (χ1v) is 10.6. The fourth-order valence-electron chi connectivity index (χ4n) is 3.57. The van der Waals surface area contributed by atoms with Gasteiger partial charge in [-0.1, -0.05) is 42.0 Å². The van der Waals surface area contributed by atoms with Crippen LogP contribution in [0.15, 0.2) is 51.6 Å². The number of ketones is 1. The molecule has 3 heterocycles. The van der Waals surface area contributed by atoms with Gasteiger partial charge in [-0.25, -0.2) is 4.79 Å². The molecule has 0 bridgehead atoms. The van der Waals surface area contributed by atoms with Crippen LogP contribution in [0.4, 0.5) is 0 Å². The zero-order chi connectivity index (χ0) is 22.8. The van der Waals surface area contributed by atoms with Crippen molar-refractivity contribution in [2.75, 3.05) is 13.2 Å². The molecule has 3 aromatic rings. The summed E-state index contributed by atoms with van der Waals surface area (Å²) >= 11 is 0. The van der Waals surface area contributed by atoms with Crippen LogP contribution in [0.1, 0.15) is 30.6 Å². The van der Waals surface area contributed by atoms with Gasteiger partial charge in [0.1, 0.15) is 6.61 Å². The standard InChI is InChI=1S/C23H27N5O4.ClH/c1-15(2)10-12-27-19-20(25-22(27)32-14-17-9-11-24-17)26(3)23(31)28(21(19)30)13-18(29)16-7-5-4-6-8-16;/h4-8,10,17,24H,9,11-14H2,1-3H3;1H/t17-;/m1./s1. The van der Waals surface area contributed by atoms with Crippen LogP contribution in [0, 0.1) is 0 Å². The van der Waals surface area contributed by atoms with E-state index < -0.39 is 11.2 Å². The van der Waals surface area contributed by atoms with Crippen molar-refractivity contribution in [2.45, 2.75) is 39.4 Å². The van der Waals surface area contributed by atoms with Gasteiger partial charge in [0.2, 0.25) is 0 Å². The zero-order valence-electron chi connectivity index (χ0n) is 18.9. The molecule has 1 aliphatic rings. The maximum atomic E-state index is 13.4. The average Bonchev–Trinajstić information content (AvgIpc) is 3.11. The third-order valence-electron chi connectivity index (χ3n) is 5.62. The number of nitrogens with zero attached hydrogens (tertiary/aromatic N) is 4. The normalized spacial score (nSPS) is 14.9. The molecule has 0 radical (unpaired) electrons. The molecule has 0 saturated carbocycles. The summed E-state index contributed by atoms with van der Waals surface area (Å²) in [5.41, 5.74) is 0.841. The molecule has 1 aromatic carbocycles. The highest BCUT2D eigenvalue weighted by atomic mass is 35.5. The fraction of sp³-hybridized carbons (Fsp3) is 0.391. The van der Waals surface area contributed by atoms with Crippen molar-refractivity contribution < 1.29 is 9.53 Å². The Balaban J connectivity index is 0.00000306. The van der Waals surface area contributed by atoms with Crippen molar-refractivity contribution >= 4 is 29.4 Å². The lowest BCUT2D eigenvalue weighted by Gasteiger charge is -2.27. The van der Waals surface area contributed by atoms with E-state index in [2.05, 4.69) is 10.3 Å². The summed E-state index contributed by atoms with van der Waals surface area (Å²) in [6, 6.07) is 9.14. The Morgan fingerprint density at radius 3 is 2.52 bits per heavy atom.